The van der Waals surface area contributed by atoms with E-state index in [1.165, 1.54) is 31.3 Å². The van der Waals surface area contributed by atoms with Gasteiger partial charge in [0.1, 0.15) is 12.2 Å². The number of hydrogen-bond donors (Lipinski definition) is 0. The summed E-state index contributed by atoms with van der Waals surface area (Å²) in [6.07, 6.45) is 5.65. The highest BCUT2D eigenvalue weighted by Crippen LogP contribution is 2.74. The summed E-state index contributed by atoms with van der Waals surface area (Å²) >= 11 is 0. The molecule has 3 aliphatic carbocycles. The molecule has 2 aromatic rings. The summed E-state index contributed by atoms with van der Waals surface area (Å²) < 4.78 is 37.0. The molecule has 0 amide bonds. The van der Waals surface area contributed by atoms with Crippen LogP contribution in [0.4, 0.5) is 0 Å². The van der Waals surface area contributed by atoms with Crippen molar-refractivity contribution in [1.29, 1.82) is 0 Å². The lowest BCUT2D eigenvalue weighted by atomic mass is 9.40. The largest absolute Gasteiger partial charge is 0.472 e. The second-order valence-electron chi connectivity index (χ2n) is 14.7. The van der Waals surface area contributed by atoms with Gasteiger partial charge in [-0.05, 0) is 48.1 Å². The first kappa shape index (κ1) is 31.9. The lowest BCUT2D eigenvalue weighted by molar-refractivity contribution is -0.251. The molecule has 0 bridgehead atoms. The lowest BCUT2D eigenvalue weighted by Gasteiger charge is -2.65. The van der Waals surface area contributed by atoms with E-state index in [4.69, 9.17) is 28.1 Å². The van der Waals surface area contributed by atoms with Gasteiger partial charge in [-0.25, -0.2) is 4.79 Å². The van der Waals surface area contributed by atoms with Crippen molar-refractivity contribution >= 4 is 24.0 Å². The minimum absolute atomic E-state index is 0.106. The molecular weight excluding hydrogens is 600 g/mol. The SMILES string of the molecule is COC(=O)CC1[C@]2(C)C3=C(C)C(c4ccoc4)CC3OC2C2OC[C@]3(C)C(OC(C)=O)CC(OC(=O)C=Cc4ccccc4)[C@@]1(C)C23. The molecule has 1 aromatic carbocycles. The van der Waals surface area contributed by atoms with Gasteiger partial charge in [-0.3, -0.25) is 9.59 Å². The smallest absolute Gasteiger partial charge is 0.331 e. The summed E-state index contributed by atoms with van der Waals surface area (Å²) in [6, 6.07) is 11.5. The van der Waals surface area contributed by atoms with Crippen LogP contribution in [-0.4, -0.2) is 62.1 Å². The van der Waals surface area contributed by atoms with E-state index in [0.717, 1.165) is 17.5 Å². The molecule has 9 nitrogen and oxygen atoms in total. The van der Waals surface area contributed by atoms with Crippen LogP contribution in [-0.2, 0) is 38.1 Å². The molecule has 2 saturated carbocycles. The summed E-state index contributed by atoms with van der Waals surface area (Å²) in [5.41, 5.74) is 2.36. The van der Waals surface area contributed by atoms with Crippen LogP contribution in [0.3, 0.4) is 0 Å². The molecule has 2 aliphatic heterocycles. The Morgan fingerprint density at radius 1 is 1.02 bits per heavy atom. The number of benzene rings is 1. The van der Waals surface area contributed by atoms with Gasteiger partial charge in [0.25, 0.3) is 0 Å². The van der Waals surface area contributed by atoms with Crippen molar-refractivity contribution in [2.24, 2.45) is 28.1 Å². The first-order chi connectivity index (χ1) is 22.4. The second-order valence-corrected chi connectivity index (χ2v) is 14.7. The molecular formula is C38H44O9. The van der Waals surface area contributed by atoms with Crippen molar-refractivity contribution < 1.29 is 42.5 Å². The highest BCUT2D eigenvalue weighted by atomic mass is 16.6. The molecule has 47 heavy (non-hydrogen) atoms. The Morgan fingerprint density at radius 3 is 2.47 bits per heavy atom. The number of rotatable bonds is 7. The normalized spacial score (nSPS) is 40.1. The Labute approximate surface area is 275 Å². The molecule has 4 fully saturated rings. The van der Waals surface area contributed by atoms with Crippen molar-refractivity contribution in [3.05, 3.63) is 77.3 Å². The molecule has 5 aliphatic rings. The van der Waals surface area contributed by atoms with E-state index in [1.807, 2.05) is 36.4 Å². The van der Waals surface area contributed by atoms with E-state index in [-0.39, 0.29) is 54.9 Å². The monoisotopic (exact) mass is 644 g/mol. The summed E-state index contributed by atoms with van der Waals surface area (Å²) in [4.78, 5) is 39.5. The van der Waals surface area contributed by atoms with Crippen molar-refractivity contribution in [3.8, 4) is 0 Å². The fourth-order valence-electron chi connectivity index (χ4n) is 10.6. The second kappa shape index (κ2) is 11.5. The van der Waals surface area contributed by atoms with Crippen LogP contribution in [0.2, 0.25) is 0 Å². The Morgan fingerprint density at radius 2 is 1.79 bits per heavy atom. The summed E-state index contributed by atoms with van der Waals surface area (Å²) in [6.45, 7) is 10.4. The number of hydrogen-bond acceptors (Lipinski definition) is 9. The molecule has 0 radical (unpaired) electrons. The summed E-state index contributed by atoms with van der Waals surface area (Å²) in [5, 5.41) is 0. The molecule has 11 atom stereocenters. The Hall–Kier alpha value is -3.69. The number of methoxy groups -OCH3 is 1. The molecule has 1 aromatic heterocycles. The maximum Gasteiger partial charge on any atom is 0.331 e. The van der Waals surface area contributed by atoms with Crippen LogP contribution in [0.1, 0.15) is 70.9 Å². The van der Waals surface area contributed by atoms with Gasteiger partial charge < -0.3 is 28.1 Å². The predicted octanol–water partition coefficient (Wildman–Crippen LogP) is 6.04. The number of carbonyl (C=O) groups excluding carboxylic acids is 3. The van der Waals surface area contributed by atoms with Gasteiger partial charge >= 0.3 is 17.9 Å². The zero-order chi connectivity index (χ0) is 33.3. The lowest BCUT2D eigenvalue weighted by Crippen LogP contribution is -2.71. The van der Waals surface area contributed by atoms with Gasteiger partial charge in [0.2, 0.25) is 0 Å². The van der Waals surface area contributed by atoms with E-state index in [9.17, 15) is 14.4 Å². The standard InChI is InChI=1S/C38H44O9/c1-21-25(24-14-15-43-19-24)16-26-32(21)38(5)27(17-31(41)42-6)37(4)29(47-30(40)13-12-23-10-8-7-9-11-23)18-28(45-22(2)39)36(3)20-44-33(34(36)37)35(38)46-26/h7-15,19,25-29,33-35H,16-18,20H2,1-6H3/t25?,26?,27?,28?,29?,33?,34?,35?,36-,37+,38-/m1/s1. The highest BCUT2D eigenvalue weighted by Gasteiger charge is 2.78. The summed E-state index contributed by atoms with van der Waals surface area (Å²) in [5.74, 6) is -1.70. The van der Waals surface area contributed by atoms with Crippen LogP contribution in [0, 0.1) is 28.1 Å². The first-order valence-corrected chi connectivity index (χ1v) is 16.6. The number of fused-ring (bicyclic) bond motifs is 4. The molecule has 250 valence electrons. The minimum Gasteiger partial charge on any atom is -0.472 e. The average Bonchev–Trinajstić information content (AvgIpc) is 3.82. The van der Waals surface area contributed by atoms with Crippen molar-refractivity contribution in [3.63, 3.8) is 0 Å². The van der Waals surface area contributed by atoms with Crippen LogP contribution in [0.25, 0.3) is 6.08 Å². The first-order valence-electron chi connectivity index (χ1n) is 16.6. The zero-order valence-electron chi connectivity index (χ0n) is 27.9. The fraction of sp³-hybridized carbons (Fsp3) is 0.553. The fourth-order valence-corrected chi connectivity index (χ4v) is 10.6. The number of carbonyl (C=O) groups is 3. The van der Waals surface area contributed by atoms with Gasteiger partial charge in [0.15, 0.2) is 0 Å². The maximum atomic E-state index is 13.6. The van der Waals surface area contributed by atoms with Gasteiger partial charge in [-0.1, -0.05) is 56.7 Å². The van der Waals surface area contributed by atoms with Crippen LogP contribution in [0.5, 0.6) is 0 Å². The molecule has 8 unspecified atom stereocenters. The topological polar surface area (TPSA) is 111 Å². The van der Waals surface area contributed by atoms with Crippen molar-refractivity contribution in [2.45, 2.75) is 90.3 Å². The van der Waals surface area contributed by atoms with E-state index in [2.05, 4.69) is 27.7 Å². The molecule has 7 rings (SSSR count). The van der Waals surface area contributed by atoms with Crippen molar-refractivity contribution in [2.75, 3.05) is 13.7 Å². The predicted molar refractivity (Wildman–Crippen MR) is 171 cm³/mol. The number of ether oxygens (including phenoxy) is 5. The van der Waals surface area contributed by atoms with Crippen LogP contribution in [0.15, 0.2) is 70.6 Å². The van der Waals surface area contributed by atoms with Crippen molar-refractivity contribution in [1.82, 2.24) is 0 Å². The third kappa shape index (κ3) is 4.75. The summed E-state index contributed by atoms with van der Waals surface area (Å²) in [7, 11) is 1.41. The van der Waals surface area contributed by atoms with Gasteiger partial charge in [0.05, 0.1) is 44.6 Å². The Kier molecular flexibility index (Phi) is 7.79. The third-order valence-electron chi connectivity index (χ3n) is 12.5. The highest BCUT2D eigenvalue weighted by molar-refractivity contribution is 5.87. The van der Waals surface area contributed by atoms with E-state index >= 15 is 0 Å². The zero-order valence-corrected chi connectivity index (χ0v) is 27.9. The number of esters is 3. The van der Waals surface area contributed by atoms with Gasteiger partial charge in [0, 0.05) is 53.9 Å². The Balaban J connectivity index is 1.36. The minimum atomic E-state index is -0.776. The quantitative estimate of drug-likeness (QED) is 0.154. The number of furan rings is 1. The molecule has 2 saturated heterocycles. The third-order valence-corrected chi connectivity index (χ3v) is 12.5. The van der Waals surface area contributed by atoms with Crippen LogP contribution >= 0.6 is 0 Å². The number of allylic oxidation sites excluding steroid dienone is 1. The van der Waals surface area contributed by atoms with E-state index in [0.29, 0.717) is 6.61 Å². The molecule has 9 heteroatoms. The van der Waals surface area contributed by atoms with Gasteiger partial charge in [-0.15, -0.1) is 0 Å². The molecule has 3 heterocycles. The maximum absolute atomic E-state index is 13.6. The van der Waals surface area contributed by atoms with E-state index < -0.39 is 40.4 Å². The molecule has 0 spiro atoms. The van der Waals surface area contributed by atoms with Crippen LogP contribution < -0.4 is 0 Å². The average molecular weight is 645 g/mol. The molecule has 0 N–H and O–H groups in total. The van der Waals surface area contributed by atoms with E-state index in [1.54, 1.807) is 18.6 Å². The Bertz CT molecular complexity index is 1610. The van der Waals surface area contributed by atoms with Gasteiger partial charge in [-0.2, -0.15) is 0 Å².